The van der Waals surface area contributed by atoms with Gasteiger partial charge in [0.15, 0.2) is 0 Å². The highest BCUT2D eigenvalue weighted by Crippen LogP contribution is 2.33. The second kappa shape index (κ2) is 6.83. The number of para-hydroxylation sites is 1. The molecule has 1 N–H and O–H groups in total. The molecular weight excluding hydrogens is 332 g/mol. The van der Waals surface area contributed by atoms with E-state index < -0.39 is 0 Å². The minimum atomic E-state index is 0.715. The van der Waals surface area contributed by atoms with Crippen molar-refractivity contribution in [2.75, 3.05) is 0 Å². The molecule has 3 aromatic carbocycles. The van der Waals surface area contributed by atoms with Gasteiger partial charge < -0.3 is 4.74 Å². The Bertz CT molecular complexity index is 978. The molecule has 0 aliphatic carbocycles. The van der Waals surface area contributed by atoms with Gasteiger partial charge in [0.05, 0.1) is 11.9 Å². The van der Waals surface area contributed by atoms with E-state index in [4.69, 9.17) is 16.3 Å². The lowest BCUT2D eigenvalue weighted by Gasteiger charge is -2.08. The van der Waals surface area contributed by atoms with Crippen LogP contribution in [0, 0.1) is 0 Å². The second-order valence-electron chi connectivity index (χ2n) is 5.61. The maximum Gasteiger partial charge on any atom is 0.128 e. The Morgan fingerprint density at radius 2 is 1.52 bits per heavy atom. The monoisotopic (exact) mass is 346 g/mol. The van der Waals surface area contributed by atoms with Crippen LogP contribution in [-0.4, -0.2) is 10.2 Å². The average Bonchev–Trinajstić information content (AvgIpc) is 3.13. The first kappa shape index (κ1) is 15.5. The summed E-state index contributed by atoms with van der Waals surface area (Å²) in [5.41, 5.74) is 4.03. The van der Waals surface area contributed by atoms with E-state index in [9.17, 15) is 0 Å². The summed E-state index contributed by atoms with van der Waals surface area (Å²) in [5, 5.41) is 8.01. The highest BCUT2D eigenvalue weighted by atomic mass is 35.5. The van der Waals surface area contributed by atoms with E-state index in [0.29, 0.717) is 5.02 Å². The van der Waals surface area contributed by atoms with Gasteiger partial charge in [-0.15, -0.1) is 0 Å². The number of aromatic amines is 1. The second-order valence-corrected chi connectivity index (χ2v) is 6.04. The van der Waals surface area contributed by atoms with Crippen molar-refractivity contribution in [1.29, 1.82) is 0 Å². The van der Waals surface area contributed by atoms with Crippen LogP contribution in [0.5, 0.6) is 11.5 Å². The third kappa shape index (κ3) is 3.42. The third-order valence-electron chi connectivity index (χ3n) is 3.90. The van der Waals surface area contributed by atoms with Gasteiger partial charge in [-0.2, -0.15) is 5.10 Å². The molecule has 122 valence electrons. The predicted octanol–water partition coefficient (Wildman–Crippen LogP) is 6.19. The van der Waals surface area contributed by atoms with Crippen molar-refractivity contribution in [2.45, 2.75) is 0 Å². The van der Waals surface area contributed by atoms with E-state index in [1.54, 1.807) is 0 Å². The number of nitrogens with zero attached hydrogens (tertiary/aromatic N) is 1. The number of benzene rings is 3. The molecule has 4 aromatic rings. The topological polar surface area (TPSA) is 37.9 Å². The van der Waals surface area contributed by atoms with Crippen molar-refractivity contribution in [3.63, 3.8) is 0 Å². The summed E-state index contributed by atoms with van der Waals surface area (Å²) in [6, 6.07) is 25.4. The Labute approximate surface area is 150 Å². The van der Waals surface area contributed by atoms with Gasteiger partial charge in [-0.25, -0.2) is 0 Å². The SMILES string of the molecule is Clc1ccc(-c2cn[nH]c2-c2cccc(Oc3ccccc3)c2)cc1. The van der Waals surface area contributed by atoms with E-state index in [-0.39, 0.29) is 0 Å². The molecule has 0 amide bonds. The van der Waals surface area contributed by atoms with Crippen LogP contribution in [0.15, 0.2) is 85.1 Å². The molecule has 1 heterocycles. The first-order valence-corrected chi connectivity index (χ1v) is 8.30. The minimum absolute atomic E-state index is 0.715. The van der Waals surface area contributed by atoms with Gasteiger partial charge in [0.2, 0.25) is 0 Å². The molecule has 0 aliphatic rings. The number of hydrogen-bond acceptors (Lipinski definition) is 2. The van der Waals surface area contributed by atoms with Crippen LogP contribution >= 0.6 is 11.6 Å². The van der Waals surface area contributed by atoms with Crippen LogP contribution in [0.3, 0.4) is 0 Å². The normalized spacial score (nSPS) is 10.6. The van der Waals surface area contributed by atoms with Crippen LogP contribution in [0.4, 0.5) is 0 Å². The number of rotatable bonds is 4. The molecule has 3 nitrogen and oxygen atoms in total. The highest BCUT2D eigenvalue weighted by molar-refractivity contribution is 6.30. The van der Waals surface area contributed by atoms with Gasteiger partial charge in [0, 0.05) is 16.1 Å². The van der Waals surface area contributed by atoms with Crippen LogP contribution < -0.4 is 4.74 Å². The Morgan fingerprint density at radius 1 is 0.760 bits per heavy atom. The smallest absolute Gasteiger partial charge is 0.128 e. The number of ether oxygens (including phenoxy) is 1. The van der Waals surface area contributed by atoms with Gasteiger partial charge >= 0.3 is 0 Å². The molecule has 0 atom stereocenters. The zero-order valence-electron chi connectivity index (χ0n) is 13.3. The van der Waals surface area contributed by atoms with E-state index in [2.05, 4.69) is 10.2 Å². The molecule has 0 unspecified atom stereocenters. The number of aromatic nitrogens is 2. The summed E-state index contributed by atoms with van der Waals surface area (Å²) in [6.07, 6.45) is 1.82. The number of halogens is 1. The van der Waals surface area contributed by atoms with Crippen LogP contribution in [0.2, 0.25) is 5.02 Å². The molecule has 0 spiro atoms. The van der Waals surface area contributed by atoms with Gasteiger partial charge in [-0.1, -0.05) is 54.1 Å². The van der Waals surface area contributed by atoms with Crippen LogP contribution in [0.25, 0.3) is 22.4 Å². The first-order valence-electron chi connectivity index (χ1n) is 7.92. The van der Waals surface area contributed by atoms with E-state index in [1.807, 2.05) is 85.1 Å². The zero-order valence-corrected chi connectivity index (χ0v) is 14.1. The maximum atomic E-state index is 5.99. The molecule has 25 heavy (non-hydrogen) atoms. The Morgan fingerprint density at radius 3 is 2.32 bits per heavy atom. The lowest BCUT2D eigenvalue weighted by atomic mass is 10.0. The molecule has 1 aromatic heterocycles. The quantitative estimate of drug-likeness (QED) is 0.478. The first-order chi connectivity index (χ1) is 12.3. The fourth-order valence-electron chi connectivity index (χ4n) is 2.69. The Balaban J connectivity index is 1.68. The number of nitrogens with one attached hydrogen (secondary N) is 1. The van der Waals surface area contributed by atoms with Crippen LogP contribution in [-0.2, 0) is 0 Å². The molecule has 0 fully saturated rings. The summed E-state index contributed by atoms with van der Waals surface area (Å²) in [6.45, 7) is 0. The number of hydrogen-bond donors (Lipinski definition) is 1. The highest BCUT2D eigenvalue weighted by Gasteiger charge is 2.11. The summed E-state index contributed by atoms with van der Waals surface area (Å²) >= 11 is 5.99. The summed E-state index contributed by atoms with van der Waals surface area (Å²) in [5.74, 6) is 1.59. The summed E-state index contributed by atoms with van der Waals surface area (Å²) in [7, 11) is 0. The molecular formula is C21H15ClN2O. The number of H-pyrrole nitrogens is 1. The van der Waals surface area contributed by atoms with Crippen molar-refractivity contribution < 1.29 is 4.74 Å². The van der Waals surface area contributed by atoms with E-state index >= 15 is 0 Å². The van der Waals surface area contributed by atoms with Crippen molar-refractivity contribution >= 4 is 11.6 Å². The maximum absolute atomic E-state index is 5.99. The summed E-state index contributed by atoms with van der Waals surface area (Å²) < 4.78 is 5.93. The van der Waals surface area contributed by atoms with Gasteiger partial charge in [0.25, 0.3) is 0 Å². The molecule has 0 radical (unpaired) electrons. The molecule has 0 aliphatic heterocycles. The molecule has 0 saturated carbocycles. The van der Waals surface area contributed by atoms with Crippen LogP contribution in [0.1, 0.15) is 0 Å². The van der Waals surface area contributed by atoms with Crippen molar-refractivity contribution in [3.8, 4) is 33.9 Å². The fraction of sp³-hybridized carbons (Fsp3) is 0. The Hall–Kier alpha value is -3.04. The molecule has 0 bridgehead atoms. The van der Waals surface area contributed by atoms with Crippen molar-refractivity contribution in [1.82, 2.24) is 10.2 Å². The minimum Gasteiger partial charge on any atom is -0.457 e. The van der Waals surface area contributed by atoms with Gasteiger partial charge in [-0.3, -0.25) is 5.10 Å². The molecule has 4 rings (SSSR count). The zero-order chi connectivity index (χ0) is 17.1. The van der Waals surface area contributed by atoms with E-state index in [1.165, 1.54) is 0 Å². The average molecular weight is 347 g/mol. The third-order valence-corrected chi connectivity index (χ3v) is 4.15. The fourth-order valence-corrected chi connectivity index (χ4v) is 2.82. The molecule has 0 saturated heterocycles. The molecule has 4 heteroatoms. The van der Waals surface area contributed by atoms with Crippen molar-refractivity contribution in [3.05, 3.63) is 90.1 Å². The van der Waals surface area contributed by atoms with Crippen molar-refractivity contribution in [2.24, 2.45) is 0 Å². The lowest BCUT2D eigenvalue weighted by Crippen LogP contribution is -1.86. The predicted molar refractivity (Wildman–Crippen MR) is 101 cm³/mol. The van der Waals surface area contributed by atoms with Gasteiger partial charge in [-0.05, 0) is 42.0 Å². The van der Waals surface area contributed by atoms with E-state index in [0.717, 1.165) is 33.9 Å². The van der Waals surface area contributed by atoms with Gasteiger partial charge in [0.1, 0.15) is 11.5 Å². The largest absolute Gasteiger partial charge is 0.457 e. The summed E-state index contributed by atoms with van der Waals surface area (Å²) in [4.78, 5) is 0. The standard InChI is InChI=1S/C21H15ClN2O/c22-17-11-9-15(10-12-17)20-14-23-24-21(20)16-5-4-8-19(13-16)25-18-6-2-1-3-7-18/h1-14H,(H,23,24). The Kier molecular flexibility index (Phi) is 4.23. The lowest BCUT2D eigenvalue weighted by molar-refractivity contribution is 0.483.